The van der Waals surface area contributed by atoms with Gasteiger partial charge in [-0.1, -0.05) is 127 Å². The maximum atomic E-state index is 8.34. The summed E-state index contributed by atoms with van der Waals surface area (Å²) in [5.74, 6) is 1.80. The molecule has 5 nitrogen and oxygen atoms in total. The van der Waals surface area contributed by atoms with Crippen LogP contribution < -0.4 is 0 Å². The highest BCUT2D eigenvalue weighted by Gasteiger charge is 2.22. The zero-order valence-electron chi connectivity index (χ0n) is 23.9. The van der Waals surface area contributed by atoms with Crippen molar-refractivity contribution in [1.29, 1.82) is 0 Å². The fourth-order valence-corrected chi connectivity index (χ4v) is 6.89. The minimum absolute atomic E-state index is 0.576. The van der Waals surface area contributed by atoms with E-state index in [4.69, 9.17) is 26.5 Å². The van der Waals surface area contributed by atoms with Gasteiger partial charge in [-0.25, -0.2) is 24.8 Å². The maximum Gasteiger partial charge on any atom is 0.215 e. The second kappa shape index (κ2) is 11.2. The lowest BCUT2D eigenvalue weighted by Crippen LogP contribution is -2.00. The molecule has 0 aliphatic rings. The minimum Gasteiger partial charge on any atom is -0.248 e. The fourth-order valence-electron chi connectivity index (χ4n) is 5.62. The van der Waals surface area contributed by atoms with Crippen molar-refractivity contribution in [3.63, 3.8) is 0 Å². The van der Waals surface area contributed by atoms with Gasteiger partial charge in [0.25, 0.3) is 0 Å². The third-order valence-corrected chi connectivity index (χ3v) is 9.00. The number of hydrogen-bond donors (Lipinski definition) is 0. The van der Waals surface area contributed by atoms with Gasteiger partial charge in [-0.05, 0) is 23.3 Å². The van der Waals surface area contributed by atoms with E-state index < -0.39 is 0 Å². The van der Waals surface area contributed by atoms with Crippen molar-refractivity contribution in [2.45, 2.75) is 0 Å². The Morgan fingerprint density at radius 3 is 1.62 bits per heavy atom. The number of aromatic nitrogens is 4. The Balaban J connectivity index is 1.34. The summed E-state index contributed by atoms with van der Waals surface area (Å²) in [5, 5.41) is 1.93. The van der Waals surface area contributed by atoms with Crippen molar-refractivity contribution in [1.82, 2.24) is 19.9 Å². The zero-order valence-corrected chi connectivity index (χ0v) is 24.7. The summed E-state index contributed by atoms with van der Waals surface area (Å²) in [5.41, 5.74) is 6.96. The van der Waals surface area contributed by atoms with Crippen LogP contribution in [0.25, 0.3) is 81.7 Å². The predicted molar refractivity (Wildman–Crippen MR) is 184 cm³/mol. The zero-order chi connectivity index (χ0) is 30.2. The standard InChI is InChI=1S/C39H23N5S/c1-40-34-32-33(25-14-5-2-6-15-25)41-31-23-12-11-22-30(31)36(32)45-35(34)28-20-13-21-29(24-28)39-43-37(26-16-7-3-8-17-26)42-38(44-39)27-18-9-4-10-19-27/h2-24H. The van der Waals surface area contributed by atoms with Crippen molar-refractivity contribution < 1.29 is 0 Å². The van der Waals surface area contributed by atoms with Crippen LogP contribution >= 0.6 is 11.3 Å². The Morgan fingerprint density at radius 2 is 1.00 bits per heavy atom. The molecule has 0 saturated carbocycles. The van der Waals surface area contributed by atoms with E-state index in [0.717, 1.165) is 59.4 Å². The van der Waals surface area contributed by atoms with E-state index in [1.807, 2.05) is 109 Å². The highest BCUT2D eigenvalue weighted by atomic mass is 32.1. The molecule has 0 radical (unpaired) electrons. The van der Waals surface area contributed by atoms with E-state index in [9.17, 15) is 0 Å². The van der Waals surface area contributed by atoms with Crippen LogP contribution in [-0.4, -0.2) is 19.9 Å². The molecule has 0 atom stereocenters. The molecule has 0 aliphatic carbocycles. The molecule has 45 heavy (non-hydrogen) atoms. The lowest BCUT2D eigenvalue weighted by molar-refractivity contribution is 1.07. The summed E-state index contributed by atoms with van der Waals surface area (Å²) < 4.78 is 1.06. The molecule has 0 fully saturated rings. The third kappa shape index (κ3) is 4.82. The first kappa shape index (κ1) is 26.6. The second-order valence-electron chi connectivity index (χ2n) is 10.6. The molecule has 0 saturated heterocycles. The van der Waals surface area contributed by atoms with E-state index in [1.54, 1.807) is 11.3 Å². The lowest BCUT2D eigenvalue weighted by Gasteiger charge is -2.09. The lowest BCUT2D eigenvalue weighted by atomic mass is 10.0. The first-order valence-electron chi connectivity index (χ1n) is 14.5. The van der Waals surface area contributed by atoms with E-state index in [1.165, 1.54) is 0 Å². The van der Waals surface area contributed by atoms with Crippen LogP contribution in [-0.2, 0) is 0 Å². The summed E-state index contributed by atoms with van der Waals surface area (Å²) in [4.78, 5) is 24.8. The Kier molecular flexibility index (Phi) is 6.64. The topological polar surface area (TPSA) is 55.9 Å². The number of hydrogen-bond acceptors (Lipinski definition) is 5. The predicted octanol–water partition coefficient (Wildman–Crippen LogP) is 10.5. The number of rotatable bonds is 5. The summed E-state index contributed by atoms with van der Waals surface area (Å²) >= 11 is 1.64. The van der Waals surface area contributed by atoms with E-state index in [2.05, 4.69) is 35.2 Å². The molecule has 5 aromatic carbocycles. The van der Waals surface area contributed by atoms with Gasteiger partial charge in [0.1, 0.15) is 0 Å². The van der Waals surface area contributed by atoms with Gasteiger partial charge in [0, 0.05) is 37.0 Å². The summed E-state index contributed by atoms with van der Waals surface area (Å²) in [6.45, 7) is 8.34. The average Bonchev–Trinajstić information content (AvgIpc) is 3.52. The second-order valence-corrected chi connectivity index (χ2v) is 11.6. The Bertz CT molecular complexity index is 2320. The first-order chi connectivity index (χ1) is 22.3. The average molecular weight is 594 g/mol. The molecule has 210 valence electrons. The van der Waals surface area contributed by atoms with Gasteiger partial charge in [-0.15, -0.1) is 11.3 Å². The third-order valence-electron chi connectivity index (χ3n) is 7.74. The Hall–Kier alpha value is -6.03. The van der Waals surface area contributed by atoms with Gasteiger partial charge < -0.3 is 0 Å². The van der Waals surface area contributed by atoms with Crippen LogP contribution in [0.15, 0.2) is 140 Å². The summed E-state index contributed by atoms with van der Waals surface area (Å²) in [6, 6.07) is 46.3. The van der Waals surface area contributed by atoms with Gasteiger partial charge in [-0.2, -0.15) is 0 Å². The number of benzene rings is 5. The van der Waals surface area contributed by atoms with Gasteiger partial charge in [0.05, 0.1) is 17.8 Å². The molecule has 3 aromatic heterocycles. The molecule has 8 aromatic rings. The maximum absolute atomic E-state index is 8.34. The molecule has 0 N–H and O–H groups in total. The number of fused-ring (bicyclic) bond motifs is 3. The number of pyridine rings is 1. The highest BCUT2D eigenvalue weighted by Crippen LogP contribution is 2.50. The molecule has 0 bridgehead atoms. The quantitative estimate of drug-likeness (QED) is 0.186. The molecular formula is C39H23N5S. The van der Waals surface area contributed by atoms with Crippen LogP contribution in [0.1, 0.15) is 0 Å². The van der Waals surface area contributed by atoms with Crippen molar-refractivity contribution >= 4 is 38.0 Å². The van der Waals surface area contributed by atoms with Crippen LogP contribution in [0.3, 0.4) is 0 Å². The SMILES string of the molecule is [C-]#[N+]c1c(-c2cccc(-c3nc(-c4ccccc4)nc(-c4ccccc4)n3)c2)sc2c1c(-c1ccccc1)nc1ccccc12. The number of nitrogens with zero attached hydrogens (tertiary/aromatic N) is 5. The molecular weight excluding hydrogens is 571 g/mol. The van der Waals surface area contributed by atoms with Crippen molar-refractivity contribution in [2.75, 3.05) is 0 Å². The molecule has 8 rings (SSSR count). The summed E-state index contributed by atoms with van der Waals surface area (Å²) in [7, 11) is 0. The normalized spacial score (nSPS) is 11.1. The molecule has 0 unspecified atom stereocenters. The van der Waals surface area contributed by atoms with Crippen LogP contribution in [0.4, 0.5) is 5.69 Å². The number of thiophene rings is 1. The molecule has 0 amide bonds. The monoisotopic (exact) mass is 593 g/mol. The Morgan fingerprint density at radius 1 is 0.489 bits per heavy atom. The molecule has 0 spiro atoms. The molecule has 3 heterocycles. The minimum atomic E-state index is 0.576. The van der Waals surface area contributed by atoms with Crippen molar-refractivity contribution in [2.24, 2.45) is 0 Å². The fraction of sp³-hybridized carbons (Fsp3) is 0. The van der Waals surface area contributed by atoms with Gasteiger partial charge in [-0.3, -0.25) is 0 Å². The van der Waals surface area contributed by atoms with Crippen molar-refractivity contribution in [3.05, 3.63) is 151 Å². The van der Waals surface area contributed by atoms with Gasteiger partial charge in [0.2, 0.25) is 5.69 Å². The van der Waals surface area contributed by atoms with E-state index in [-0.39, 0.29) is 0 Å². The van der Waals surface area contributed by atoms with Crippen LogP contribution in [0.5, 0.6) is 0 Å². The van der Waals surface area contributed by atoms with E-state index >= 15 is 0 Å². The summed E-state index contributed by atoms with van der Waals surface area (Å²) in [6.07, 6.45) is 0. The largest absolute Gasteiger partial charge is 0.248 e. The van der Waals surface area contributed by atoms with E-state index in [0.29, 0.717) is 23.2 Å². The smallest absolute Gasteiger partial charge is 0.215 e. The van der Waals surface area contributed by atoms with Crippen molar-refractivity contribution in [3.8, 4) is 55.9 Å². The van der Waals surface area contributed by atoms with Gasteiger partial charge in [0.15, 0.2) is 17.5 Å². The van der Waals surface area contributed by atoms with Crippen LogP contribution in [0, 0.1) is 6.57 Å². The van der Waals surface area contributed by atoms with Gasteiger partial charge >= 0.3 is 0 Å². The molecule has 0 aliphatic heterocycles. The van der Waals surface area contributed by atoms with Crippen LogP contribution in [0.2, 0.25) is 0 Å². The highest BCUT2D eigenvalue weighted by molar-refractivity contribution is 7.24. The first-order valence-corrected chi connectivity index (χ1v) is 15.3. The number of para-hydroxylation sites is 1. The molecule has 6 heteroatoms. The Labute approximate surface area is 264 Å².